The molecule has 0 aliphatic carbocycles. The van der Waals surface area contributed by atoms with Gasteiger partial charge in [-0.05, 0) is 6.07 Å². The monoisotopic (exact) mass is 154 g/mol. The molecule has 0 spiro atoms. The Morgan fingerprint density at radius 3 is 2.73 bits per heavy atom. The molecule has 0 aliphatic rings. The number of nitrogens with zero attached hydrogens (tertiary/aromatic N) is 1. The highest BCUT2D eigenvalue weighted by Crippen LogP contribution is 2.15. The number of carboxylic acid groups (broad SMARTS) is 1. The Bertz CT molecular complexity index is 298. The highest BCUT2D eigenvalue weighted by Gasteiger charge is 2.09. The number of anilines is 1. The second kappa shape index (κ2) is 2.45. The summed E-state index contributed by atoms with van der Waals surface area (Å²) in [4.78, 5) is 13.7. The van der Waals surface area contributed by atoms with Crippen LogP contribution >= 0.6 is 0 Å². The molecule has 1 aromatic rings. The molecule has 0 unspecified atom stereocenters. The molecule has 0 aromatic carbocycles. The molecule has 0 fully saturated rings. The van der Waals surface area contributed by atoms with E-state index in [0.717, 1.165) is 6.07 Å². The molecule has 1 heterocycles. The van der Waals surface area contributed by atoms with Crippen LogP contribution in [0.3, 0.4) is 0 Å². The van der Waals surface area contributed by atoms with E-state index < -0.39 is 11.8 Å². The highest BCUT2D eigenvalue weighted by atomic mass is 16.4. The summed E-state index contributed by atoms with van der Waals surface area (Å²) in [7, 11) is 0. The van der Waals surface area contributed by atoms with E-state index in [1.807, 2.05) is 0 Å². The fraction of sp³-hybridized carbons (Fsp3) is 0. The van der Waals surface area contributed by atoms with Gasteiger partial charge in [-0.2, -0.15) is 0 Å². The zero-order valence-electron chi connectivity index (χ0n) is 5.48. The average molecular weight is 154 g/mol. The molecule has 0 amide bonds. The van der Waals surface area contributed by atoms with Crippen molar-refractivity contribution in [3.8, 4) is 5.88 Å². The SMILES string of the molecule is Nc1cnc(O)c(C(=O)O)c1. The van der Waals surface area contributed by atoms with Crippen molar-refractivity contribution >= 4 is 11.7 Å². The van der Waals surface area contributed by atoms with E-state index in [9.17, 15) is 4.79 Å². The van der Waals surface area contributed by atoms with E-state index in [2.05, 4.69) is 4.98 Å². The van der Waals surface area contributed by atoms with Crippen LogP contribution in [0.4, 0.5) is 5.69 Å². The van der Waals surface area contributed by atoms with Crippen LogP contribution < -0.4 is 5.73 Å². The van der Waals surface area contributed by atoms with Crippen LogP contribution in [0.2, 0.25) is 0 Å². The van der Waals surface area contributed by atoms with E-state index in [1.165, 1.54) is 6.20 Å². The van der Waals surface area contributed by atoms with Gasteiger partial charge in [0.2, 0.25) is 5.88 Å². The smallest absolute Gasteiger partial charge is 0.341 e. The summed E-state index contributed by atoms with van der Waals surface area (Å²) in [5, 5.41) is 17.3. The Hall–Kier alpha value is -1.78. The Labute approximate surface area is 62.1 Å². The van der Waals surface area contributed by atoms with E-state index in [0.29, 0.717) is 0 Å². The van der Waals surface area contributed by atoms with Gasteiger partial charge in [0.25, 0.3) is 0 Å². The van der Waals surface area contributed by atoms with Crippen molar-refractivity contribution in [3.05, 3.63) is 17.8 Å². The van der Waals surface area contributed by atoms with Crippen LogP contribution in [0.15, 0.2) is 12.3 Å². The molecule has 4 N–H and O–H groups in total. The molecule has 0 bridgehead atoms. The van der Waals surface area contributed by atoms with Crippen molar-refractivity contribution in [2.45, 2.75) is 0 Å². The molecule has 0 aliphatic heterocycles. The third-order valence-electron chi connectivity index (χ3n) is 1.12. The molecular weight excluding hydrogens is 148 g/mol. The molecule has 1 rings (SSSR count). The van der Waals surface area contributed by atoms with Gasteiger partial charge in [0.05, 0.1) is 11.9 Å². The number of rotatable bonds is 1. The van der Waals surface area contributed by atoms with E-state index in [-0.39, 0.29) is 11.3 Å². The summed E-state index contributed by atoms with van der Waals surface area (Å²) in [6, 6.07) is 1.14. The third-order valence-corrected chi connectivity index (χ3v) is 1.12. The number of hydrogen-bond donors (Lipinski definition) is 3. The first kappa shape index (κ1) is 7.33. The minimum Gasteiger partial charge on any atom is -0.493 e. The van der Waals surface area contributed by atoms with Crippen molar-refractivity contribution in [3.63, 3.8) is 0 Å². The first-order valence-corrected chi connectivity index (χ1v) is 2.79. The maximum atomic E-state index is 10.3. The number of nitrogens with two attached hydrogens (primary N) is 1. The number of carbonyl (C=O) groups is 1. The molecule has 0 saturated carbocycles. The summed E-state index contributed by atoms with van der Waals surface area (Å²) in [5.41, 5.74) is 5.15. The van der Waals surface area contributed by atoms with Gasteiger partial charge < -0.3 is 15.9 Å². The number of aromatic carboxylic acids is 1. The van der Waals surface area contributed by atoms with Gasteiger partial charge in [-0.25, -0.2) is 9.78 Å². The Kier molecular flexibility index (Phi) is 1.63. The Morgan fingerprint density at radius 1 is 1.64 bits per heavy atom. The number of carboxylic acids is 1. The quantitative estimate of drug-likeness (QED) is 0.531. The molecule has 58 valence electrons. The second-order valence-electron chi connectivity index (χ2n) is 1.94. The predicted octanol–water partition coefficient (Wildman–Crippen LogP) is 0.0676. The zero-order valence-corrected chi connectivity index (χ0v) is 5.48. The minimum absolute atomic E-state index is 0.209. The van der Waals surface area contributed by atoms with Crippen LogP contribution in [0.5, 0.6) is 5.88 Å². The second-order valence-corrected chi connectivity index (χ2v) is 1.94. The van der Waals surface area contributed by atoms with Crippen LogP contribution in [0.25, 0.3) is 0 Å². The van der Waals surface area contributed by atoms with Gasteiger partial charge in [0, 0.05) is 0 Å². The lowest BCUT2D eigenvalue weighted by Crippen LogP contribution is -1.99. The largest absolute Gasteiger partial charge is 0.493 e. The maximum absolute atomic E-state index is 10.3. The summed E-state index contributed by atoms with van der Waals surface area (Å²) in [6.45, 7) is 0. The lowest BCUT2D eigenvalue weighted by molar-refractivity contribution is 0.0693. The summed E-state index contributed by atoms with van der Waals surface area (Å²) >= 11 is 0. The highest BCUT2D eigenvalue weighted by molar-refractivity contribution is 5.90. The molecular formula is C6H6N2O3. The lowest BCUT2D eigenvalue weighted by atomic mass is 10.2. The van der Waals surface area contributed by atoms with Crippen LogP contribution in [-0.4, -0.2) is 21.2 Å². The van der Waals surface area contributed by atoms with Crippen LogP contribution in [0, 0.1) is 0 Å². The van der Waals surface area contributed by atoms with Gasteiger partial charge in [-0.15, -0.1) is 0 Å². The number of aromatic nitrogens is 1. The van der Waals surface area contributed by atoms with E-state index in [4.69, 9.17) is 15.9 Å². The first-order chi connectivity index (χ1) is 5.11. The topological polar surface area (TPSA) is 96.4 Å². The molecule has 11 heavy (non-hydrogen) atoms. The molecule has 5 nitrogen and oxygen atoms in total. The fourth-order valence-corrected chi connectivity index (χ4v) is 0.631. The van der Waals surface area contributed by atoms with Crippen molar-refractivity contribution in [2.24, 2.45) is 0 Å². The number of hydrogen-bond acceptors (Lipinski definition) is 4. The lowest BCUT2D eigenvalue weighted by Gasteiger charge is -1.97. The molecule has 1 aromatic heterocycles. The Morgan fingerprint density at radius 2 is 2.27 bits per heavy atom. The van der Waals surface area contributed by atoms with Gasteiger partial charge in [0.15, 0.2) is 0 Å². The number of aromatic hydroxyl groups is 1. The molecule has 0 atom stereocenters. The predicted molar refractivity (Wildman–Crippen MR) is 37.3 cm³/mol. The molecule has 0 radical (unpaired) electrons. The van der Waals surface area contributed by atoms with Crippen molar-refractivity contribution in [1.29, 1.82) is 0 Å². The van der Waals surface area contributed by atoms with E-state index in [1.54, 1.807) is 0 Å². The minimum atomic E-state index is -1.25. The fourth-order valence-electron chi connectivity index (χ4n) is 0.631. The summed E-state index contributed by atoms with van der Waals surface area (Å²) < 4.78 is 0. The first-order valence-electron chi connectivity index (χ1n) is 2.79. The van der Waals surface area contributed by atoms with E-state index >= 15 is 0 Å². The van der Waals surface area contributed by atoms with Crippen LogP contribution in [0.1, 0.15) is 10.4 Å². The van der Waals surface area contributed by atoms with Gasteiger partial charge in [0.1, 0.15) is 5.56 Å². The third kappa shape index (κ3) is 1.37. The van der Waals surface area contributed by atoms with Crippen molar-refractivity contribution in [2.75, 3.05) is 5.73 Å². The van der Waals surface area contributed by atoms with Gasteiger partial charge >= 0.3 is 5.97 Å². The van der Waals surface area contributed by atoms with Crippen molar-refractivity contribution in [1.82, 2.24) is 4.98 Å². The van der Waals surface area contributed by atoms with Gasteiger partial charge in [-0.3, -0.25) is 0 Å². The zero-order chi connectivity index (χ0) is 8.43. The molecule has 5 heteroatoms. The van der Waals surface area contributed by atoms with Crippen LogP contribution in [-0.2, 0) is 0 Å². The standard InChI is InChI=1S/C6H6N2O3/c7-3-1-4(6(10)11)5(9)8-2-3/h1-2H,7H2,(H,8,9)(H,10,11). The number of nitrogen functional groups attached to an aromatic ring is 1. The summed E-state index contributed by atoms with van der Waals surface area (Å²) in [5.74, 6) is -1.77. The van der Waals surface area contributed by atoms with Crippen molar-refractivity contribution < 1.29 is 15.0 Å². The molecule has 0 saturated heterocycles. The maximum Gasteiger partial charge on any atom is 0.341 e. The Balaban J connectivity index is 3.23. The average Bonchev–Trinajstić information content (AvgIpc) is 1.94. The normalized spacial score (nSPS) is 9.45. The number of pyridine rings is 1. The summed E-state index contributed by atoms with van der Waals surface area (Å²) in [6.07, 6.45) is 1.18. The van der Waals surface area contributed by atoms with Gasteiger partial charge in [-0.1, -0.05) is 0 Å².